The first kappa shape index (κ1) is 70.8. The summed E-state index contributed by atoms with van der Waals surface area (Å²) in [5, 5.41) is 20.6. The fraction of sp³-hybridized carbons (Fsp3) is 0. The molecule has 0 atom stereocenters. The lowest BCUT2D eigenvalue weighted by atomic mass is 9.93. The monoisotopic (exact) mass is 1610 g/mol. The van der Waals surface area contributed by atoms with Crippen molar-refractivity contribution >= 4 is 147 Å². The van der Waals surface area contributed by atoms with Gasteiger partial charge >= 0.3 is 0 Å². The summed E-state index contributed by atoms with van der Waals surface area (Å²) in [6, 6.07) is 164. The fourth-order valence-electron chi connectivity index (χ4n) is 22.0. The first-order valence-electron chi connectivity index (χ1n) is 43.9. The number of hydrogen-bond donors (Lipinski definition) is 0. The zero-order valence-corrected chi connectivity index (χ0v) is 68.9. The molecule has 27 aromatic rings. The molecular weight excluding hydrogens is 1540 g/mol. The van der Waals surface area contributed by atoms with Gasteiger partial charge in [-0.1, -0.05) is 358 Å². The van der Waals surface area contributed by atoms with Gasteiger partial charge in [0.1, 0.15) is 11.2 Å². The molecule has 588 valence electrons. The lowest BCUT2D eigenvalue weighted by Gasteiger charge is -2.14. The minimum atomic E-state index is 0.920. The third-order valence-corrected chi connectivity index (χ3v) is 27.3. The summed E-state index contributed by atoms with van der Waals surface area (Å²) in [6.07, 6.45) is 0. The van der Waals surface area contributed by atoms with Gasteiger partial charge in [-0.05, 0) is 213 Å². The van der Waals surface area contributed by atoms with Gasteiger partial charge in [0.05, 0.1) is 49.7 Å². The van der Waals surface area contributed by atoms with E-state index in [1.165, 1.54) is 225 Å². The molecule has 2 aliphatic carbocycles. The van der Waals surface area contributed by atoms with E-state index in [0.29, 0.717) is 0 Å². The summed E-state index contributed by atoms with van der Waals surface area (Å²) >= 11 is 0. The van der Waals surface area contributed by atoms with Crippen LogP contribution in [0.5, 0.6) is 0 Å². The third-order valence-electron chi connectivity index (χ3n) is 27.3. The minimum Gasteiger partial charge on any atom is -0.455 e. The van der Waals surface area contributed by atoms with Crippen molar-refractivity contribution in [3.8, 4) is 117 Å². The minimum absolute atomic E-state index is 0.920. The van der Waals surface area contributed by atoms with Crippen LogP contribution in [0.15, 0.2) is 453 Å². The van der Waals surface area contributed by atoms with E-state index in [2.05, 4.69) is 455 Å². The van der Waals surface area contributed by atoms with E-state index in [1.54, 1.807) is 0 Å². The van der Waals surface area contributed by atoms with Crippen LogP contribution in [0, 0.1) is 0 Å². The third kappa shape index (κ3) is 10.6. The van der Waals surface area contributed by atoms with Crippen LogP contribution in [0.1, 0.15) is 0 Å². The van der Waals surface area contributed by atoms with Crippen molar-refractivity contribution < 1.29 is 4.42 Å². The van der Waals surface area contributed by atoms with Crippen LogP contribution in [0.2, 0.25) is 0 Å². The average molecular weight is 1610 g/mol. The summed E-state index contributed by atoms with van der Waals surface area (Å²) in [6.45, 7) is 0. The number of nitrogens with zero attached hydrogens (tertiary/aromatic N) is 4. The van der Waals surface area contributed by atoms with Crippen molar-refractivity contribution in [2.75, 3.05) is 0 Å². The normalized spacial score (nSPS) is 12.1. The molecule has 0 N–H and O–H groups in total. The van der Waals surface area contributed by atoms with Crippen LogP contribution >= 0.6 is 0 Å². The highest BCUT2D eigenvalue weighted by molar-refractivity contribution is 6.35. The Hall–Kier alpha value is -16.9. The molecule has 0 aliphatic heterocycles. The number of hydrogen-bond acceptors (Lipinski definition) is 1. The quantitative estimate of drug-likeness (QED) is 0.149. The molecule has 0 saturated carbocycles. The van der Waals surface area contributed by atoms with E-state index >= 15 is 0 Å². The maximum atomic E-state index is 6.42. The van der Waals surface area contributed by atoms with Gasteiger partial charge in [0.15, 0.2) is 0 Å². The van der Waals surface area contributed by atoms with E-state index in [-0.39, 0.29) is 0 Å². The summed E-state index contributed by atoms with van der Waals surface area (Å²) in [7, 11) is 0. The largest absolute Gasteiger partial charge is 0.455 e. The predicted molar refractivity (Wildman–Crippen MR) is 535 cm³/mol. The molecule has 0 spiro atoms. The van der Waals surface area contributed by atoms with Crippen molar-refractivity contribution in [3.63, 3.8) is 0 Å². The van der Waals surface area contributed by atoms with Crippen LogP contribution in [0.3, 0.4) is 0 Å². The average Bonchev–Trinajstić information content (AvgIpc) is 1.53. The molecule has 6 heterocycles. The molecule has 0 saturated heterocycles. The van der Waals surface area contributed by atoms with Crippen molar-refractivity contribution in [2.24, 2.45) is 0 Å². The number of furan rings is 1. The molecule has 127 heavy (non-hydrogen) atoms. The van der Waals surface area contributed by atoms with Crippen LogP contribution in [0.25, 0.3) is 264 Å². The molecular formula is C122H74N4O. The Balaban J connectivity index is 0.0000000988. The van der Waals surface area contributed by atoms with Gasteiger partial charge in [0, 0.05) is 81.9 Å². The fourth-order valence-corrected chi connectivity index (χ4v) is 22.0. The Morgan fingerprint density at radius 2 is 0.512 bits per heavy atom. The molecule has 0 unspecified atom stereocenters. The van der Waals surface area contributed by atoms with E-state index in [9.17, 15) is 0 Å². The maximum Gasteiger partial charge on any atom is 0.143 e. The molecule has 29 rings (SSSR count). The van der Waals surface area contributed by atoms with Gasteiger partial charge in [-0.3, -0.25) is 0 Å². The lowest BCUT2D eigenvalue weighted by molar-refractivity contribution is 0.670. The highest BCUT2D eigenvalue weighted by atomic mass is 16.3. The van der Waals surface area contributed by atoms with E-state index in [4.69, 9.17) is 4.42 Å². The van der Waals surface area contributed by atoms with Gasteiger partial charge in [0.25, 0.3) is 0 Å². The van der Waals surface area contributed by atoms with Crippen molar-refractivity contribution in [1.29, 1.82) is 0 Å². The summed E-state index contributed by atoms with van der Waals surface area (Å²) in [4.78, 5) is 0. The standard InChI is InChI=1S/C42H26N2.C40H23NO.C40H25N/c1-2-11-27(12-3-1)30-13-4-5-14-31(30)28-21-23-29(24-22-28)43-38-20-10-17-34-32-15-6-8-18-36(32)44-37-19-9-7-16-33(37)35-25-26-39(43)41(40(34)38)42(35)44;1-2-13-29-28(12-1)31-16-6-9-24-21-22-35-39(37(24)31)38-32(29)17-8-19-34(38)41(35)26-11-5-10-25(23-26)27-15-7-18-33-30-14-3-4-20-36(30)42-40(27)33;1-2-9-26(10-3-1)27-19-21-28(22-20-27)30-12-6-13-31(25-30)41-36-18-8-17-35-33-15-5-4-14-32(33)34-16-7-11-29-23-24-37(41)40(38(29)34)39(35)36/h1-26H;1-23H;1-25H. The Bertz CT molecular complexity index is 9250. The Morgan fingerprint density at radius 3 is 1.10 bits per heavy atom. The zero-order chi connectivity index (χ0) is 83.1. The van der Waals surface area contributed by atoms with Gasteiger partial charge < -0.3 is 22.5 Å². The second-order valence-corrected chi connectivity index (χ2v) is 33.9. The van der Waals surface area contributed by atoms with Crippen LogP contribution in [0.4, 0.5) is 0 Å². The number of aromatic nitrogens is 4. The first-order chi connectivity index (χ1) is 63.1. The number of para-hydroxylation sites is 4. The van der Waals surface area contributed by atoms with Crippen LogP contribution in [-0.4, -0.2) is 18.1 Å². The lowest BCUT2D eigenvalue weighted by Crippen LogP contribution is -1.95. The van der Waals surface area contributed by atoms with Crippen molar-refractivity contribution in [3.05, 3.63) is 449 Å². The van der Waals surface area contributed by atoms with Gasteiger partial charge in [-0.2, -0.15) is 0 Å². The van der Waals surface area contributed by atoms with Crippen LogP contribution < -0.4 is 0 Å². The number of fused-ring (bicyclic) bond motifs is 15. The van der Waals surface area contributed by atoms with E-state index < -0.39 is 0 Å². The summed E-state index contributed by atoms with van der Waals surface area (Å²) in [5.41, 5.74) is 39.0. The molecule has 5 heteroatoms. The van der Waals surface area contributed by atoms with Crippen LogP contribution in [-0.2, 0) is 0 Å². The number of benzene rings is 21. The Morgan fingerprint density at radius 1 is 0.157 bits per heavy atom. The Kier molecular flexibility index (Phi) is 15.5. The molecule has 2 aliphatic rings. The van der Waals surface area contributed by atoms with Gasteiger partial charge in [-0.15, -0.1) is 0 Å². The molecule has 6 aromatic heterocycles. The van der Waals surface area contributed by atoms with E-state index in [0.717, 1.165) is 38.8 Å². The van der Waals surface area contributed by atoms with E-state index in [1.807, 2.05) is 12.1 Å². The van der Waals surface area contributed by atoms with Crippen molar-refractivity contribution in [2.45, 2.75) is 0 Å². The second-order valence-electron chi connectivity index (χ2n) is 33.9. The van der Waals surface area contributed by atoms with Gasteiger partial charge in [0.2, 0.25) is 0 Å². The Labute approximate surface area is 730 Å². The second kappa shape index (κ2) is 27.8. The van der Waals surface area contributed by atoms with Crippen molar-refractivity contribution in [1.82, 2.24) is 18.1 Å². The predicted octanol–water partition coefficient (Wildman–Crippen LogP) is 33.3. The SMILES string of the molecule is c1cc(-c2cccc3c2oc2ccccc23)cc(-n2c3cccc4c3c3c5c(cccc5ccc32)-c2ccccc2-4)c1.c1ccc(-c2ccc(-c3cccc(-n4c5cccc6c5c5c7c(cccc7ccc54)-c4ccccc4-6)c3)cc2)cc1.c1ccc(-c2ccccc2-c2ccc(-n3c4cccc5c6ccccc6n6c7ccccc7c7ccc3c(c54)c76)cc2)cc1. The number of rotatable bonds is 8. The molecule has 0 fully saturated rings. The zero-order valence-electron chi connectivity index (χ0n) is 68.9. The molecule has 21 aromatic carbocycles. The maximum absolute atomic E-state index is 6.42. The molecule has 5 nitrogen and oxygen atoms in total. The molecule has 0 bridgehead atoms. The first-order valence-corrected chi connectivity index (χ1v) is 43.9. The van der Waals surface area contributed by atoms with Gasteiger partial charge in [-0.25, -0.2) is 0 Å². The molecule has 0 amide bonds. The highest BCUT2D eigenvalue weighted by Gasteiger charge is 2.29. The molecule has 0 radical (unpaired) electrons. The topological polar surface area (TPSA) is 32.3 Å². The summed E-state index contributed by atoms with van der Waals surface area (Å²) in [5.74, 6) is 0. The summed E-state index contributed by atoms with van der Waals surface area (Å²) < 4.78 is 16.3. The smallest absolute Gasteiger partial charge is 0.143 e. The highest BCUT2D eigenvalue weighted by Crippen LogP contribution is 2.54.